The van der Waals surface area contributed by atoms with E-state index in [9.17, 15) is 0 Å². The zero-order chi connectivity index (χ0) is 10.5. The van der Waals surface area contributed by atoms with Crippen molar-refractivity contribution in [2.24, 2.45) is 0 Å². The van der Waals surface area contributed by atoms with Crippen molar-refractivity contribution in [2.45, 2.75) is 32.2 Å². The molecule has 0 aliphatic carbocycles. The third-order valence-electron chi connectivity index (χ3n) is 2.75. The summed E-state index contributed by atoms with van der Waals surface area (Å²) in [7, 11) is 0. The standard InChI is InChI=1S/C11H18N2O2/c1-2-12-6-10-11(15-8-13-10)9-4-3-5-14-7-9/h8-9,12H,2-7H2,1H3. The SMILES string of the molecule is CCNCc1ncoc1C1CCCOC1. The van der Waals surface area contributed by atoms with Crippen LogP contribution in [0.2, 0.25) is 0 Å². The lowest BCUT2D eigenvalue weighted by molar-refractivity contribution is 0.0738. The van der Waals surface area contributed by atoms with Gasteiger partial charge in [-0.25, -0.2) is 4.98 Å². The van der Waals surface area contributed by atoms with Gasteiger partial charge in [0.1, 0.15) is 5.76 Å². The molecule has 1 aromatic heterocycles. The maximum Gasteiger partial charge on any atom is 0.181 e. The van der Waals surface area contributed by atoms with Crippen molar-refractivity contribution >= 4 is 0 Å². The van der Waals surface area contributed by atoms with Gasteiger partial charge >= 0.3 is 0 Å². The van der Waals surface area contributed by atoms with E-state index >= 15 is 0 Å². The highest BCUT2D eigenvalue weighted by Crippen LogP contribution is 2.27. The fraction of sp³-hybridized carbons (Fsp3) is 0.727. The zero-order valence-corrected chi connectivity index (χ0v) is 9.16. The van der Waals surface area contributed by atoms with E-state index in [1.54, 1.807) is 0 Å². The van der Waals surface area contributed by atoms with Crippen LogP contribution in [0.4, 0.5) is 0 Å². The molecule has 1 fully saturated rings. The molecular formula is C11H18N2O2. The molecule has 0 radical (unpaired) electrons. The first-order valence-corrected chi connectivity index (χ1v) is 5.62. The van der Waals surface area contributed by atoms with Crippen molar-refractivity contribution in [1.82, 2.24) is 10.3 Å². The average Bonchev–Trinajstić information content (AvgIpc) is 2.75. The van der Waals surface area contributed by atoms with Crippen molar-refractivity contribution in [2.75, 3.05) is 19.8 Å². The summed E-state index contributed by atoms with van der Waals surface area (Å²) >= 11 is 0. The van der Waals surface area contributed by atoms with Gasteiger partial charge in [-0.3, -0.25) is 0 Å². The highest BCUT2D eigenvalue weighted by molar-refractivity contribution is 5.13. The number of oxazole rings is 1. The van der Waals surface area contributed by atoms with Crippen molar-refractivity contribution in [1.29, 1.82) is 0 Å². The zero-order valence-electron chi connectivity index (χ0n) is 9.16. The highest BCUT2D eigenvalue weighted by atomic mass is 16.5. The van der Waals surface area contributed by atoms with Crippen LogP contribution in [0.5, 0.6) is 0 Å². The summed E-state index contributed by atoms with van der Waals surface area (Å²) in [6, 6.07) is 0. The average molecular weight is 210 g/mol. The largest absolute Gasteiger partial charge is 0.448 e. The normalized spacial score (nSPS) is 21.8. The number of rotatable bonds is 4. The summed E-state index contributed by atoms with van der Waals surface area (Å²) in [5.74, 6) is 1.41. The number of nitrogens with zero attached hydrogens (tertiary/aromatic N) is 1. The molecule has 15 heavy (non-hydrogen) atoms. The first-order chi connectivity index (χ1) is 7.42. The van der Waals surface area contributed by atoms with Crippen LogP contribution in [0.15, 0.2) is 10.8 Å². The maximum absolute atomic E-state index is 5.47. The number of hydrogen-bond donors (Lipinski definition) is 1. The first-order valence-electron chi connectivity index (χ1n) is 5.62. The maximum atomic E-state index is 5.47. The van der Waals surface area contributed by atoms with Crippen LogP contribution >= 0.6 is 0 Å². The number of aromatic nitrogens is 1. The topological polar surface area (TPSA) is 47.3 Å². The summed E-state index contributed by atoms with van der Waals surface area (Å²) in [6.07, 6.45) is 3.80. The van der Waals surface area contributed by atoms with E-state index < -0.39 is 0 Å². The monoisotopic (exact) mass is 210 g/mol. The molecule has 0 saturated carbocycles. The minimum atomic E-state index is 0.398. The number of hydrogen-bond acceptors (Lipinski definition) is 4. The molecule has 4 heteroatoms. The van der Waals surface area contributed by atoms with Gasteiger partial charge in [-0.05, 0) is 19.4 Å². The molecule has 0 amide bonds. The fourth-order valence-electron chi connectivity index (χ4n) is 1.93. The van der Waals surface area contributed by atoms with Crippen LogP contribution in [0, 0.1) is 0 Å². The molecule has 2 rings (SSSR count). The first kappa shape index (κ1) is 10.6. The van der Waals surface area contributed by atoms with E-state index in [0.29, 0.717) is 5.92 Å². The Morgan fingerprint density at radius 1 is 1.60 bits per heavy atom. The van der Waals surface area contributed by atoms with Gasteiger partial charge in [0, 0.05) is 19.1 Å². The summed E-state index contributed by atoms with van der Waals surface area (Å²) in [5, 5.41) is 3.27. The molecule has 0 aromatic carbocycles. The molecule has 1 aliphatic rings. The summed E-state index contributed by atoms with van der Waals surface area (Å²) in [5.41, 5.74) is 1.03. The molecule has 0 spiro atoms. The van der Waals surface area contributed by atoms with Gasteiger partial charge in [0.15, 0.2) is 6.39 Å². The molecule has 1 atom stereocenters. The smallest absolute Gasteiger partial charge is 0.181 e. The number of nitrogens with one attached hydrogen (secondary N) is 1. The van der Waals surface area contributed by atoms with Crippen LogP contribution in [0.25, 0.3) is 0 Å². The third kappa shape index (κ3) is 2.58. The second-order valence-electron chi connectivity index (χ2n) is 3.86. The van der Waals surface area contributed by atoms with Gasteiger partial charge in [0.2, 0.25) is 0 Å². The van der Waals surface area contributed by atoms with Crippen LogP contribution in [0.1, 0.15) is 37.1 Å². The molecule has 4 nitrogen and oxygen atoms in total. The molecule has 1 saturated heterocycles. The van der Waals surface area contributed by atoms with Gasteiger partial charge in [-0.2, -0.15) is 0 Å². The molecule has 2 heterocycles. The van der Waals surface area contributed by atoms with Gasteiger partial charge in [0.05, 0.1) is 12.3 Å². The highest BCUT2D eigenvalue weighted by Gasteiger charge is 2.22. The Balaban J connectivity index is 2.02. The number of ether oxygens (including phenoxy) is 1. The molecule has 84 valence electrons. The Morgan fingerprint density at radius 2 is 2.53 bits per heavy atom. The van der Waals surface area contributed by atoms with E-state index in [1.165, 1.54) is 6.39 Å². The minimum absolute atomic E-state index is 0.398. The van der Waals surface area contributed by atoms with Crippen molar-refractivity contribution in [3.8, 4) is 0 Å². The van der Waals surface area contributed by atoms with Crippen LogP contribution in [-0.2, 0) is 11.3 Å². The summed E-state index contributed by atoms with van der Waals surface area (Å²) in [4.78, 5) is 4.24. The van der Waals surface area contributed by atoms with E-state index in [0.717, 1.165) is 50.6 Å². The third-order valence-corrected chi connectivity index (χ3v) is 2.75. The molecule has 1 aliphatic heterocycles. The second-order valence-corrected chi connectivity index (χ2v) is 3.86. The molecule has 0 bridgehead atoms. The Labute approximate surface area is 90.0 Å². The van der Waals surface area contributed by atoms with Gasteiger partial charge in [0.25, 0.3) is 0 Å². The van der Waals surface area contributed by atoms with Gasteiger partial charge in [-0.1, -0.05) is 6.92 Å². The predicted molar refractivity (Wildman–Crippen MR) is 56.7 cm³/mol. The van der Waals surface area contributed by atoms with E-state index in [2.05, 4.69) is 17.2 Å². The van der Waals surface area contributed by atoms with Crippen LogP contribution in [0.3, 0.4) is 0 Å². The molecule has 1 unspecified atom stereocenters. The lowest BCUT2D eigenvalue weighted by Gasteiger charge is -2.20. The van der Waals surface area contributed by atoms with Crippen LogP contribution < -0.4 is 5.32 Å². The Hall–Kier alpha value is -0.870. The molecule has 1 N–H and O–H groups in total. The van der Waals surface area contributed by atoms with E-state index in [-0.39, 0.29) is 0 Å². The quantitative estimate of drug-likeness (QED) is 0.821. The van der Waals surface area contributed by atoms with Gasteiger partial charge < -0.3 is 14.5 Å². The van der Waals surface area contributed by atoms with Crippen molar-refractivity contribution < 1.29 is 9.15 Å². The predicted octanol–water partition coefficient (Wildman–Crippen LogP) is 1.68. The lowest BCUT2D eigenvalue weighted by atomic mass is 9.98. The van der Waals surface area contributed by atoms with Crippen LogP contribution in [-0.4, -0.2) is 24.7 Å². The van der Waals surface area contributed by atoms with Crippen molar-refractivity contribution in [3.05, 3.63) is 17.8 Å². The molecular weight excluding hydrogens is 192 g/mol. The Bertz CT molecular complexity index is 293. The van der Waals surface area contributed by atoms with Crippen molar-refractivity contribution in [3.63, 3.8) is 0 Å². The lowest BCUT2D eigenvalue weighted by Crippen LogP contribution is -2.19. The van der Waals surface area contributed by atoms with E-state index in [1.807, 2.05) is 0 Å². The fourth-order valence-corrected chi connectivity index (χ4v) is 1.93. The Kier molecular flexibility index (Phi) is 3.75. The second kappa shape index (κ2) is 5.28. The summed E-state index contributed by atoms with van der Waals surface area (Å²) < 4.78 is 10.9. The summed E-state index contributed by atoms with van der Waals surface area (Å²) in [6.45, 7) is 5.48. The van der Waals surface area contributed by atoms with Gasteiger partial charge in [-0.15, -0.1) is 0 Å². The molecule has 1 aromatic rings. The van der Waals surface area contributed by atoms with E-state index in [4.69, 9.17) is 9.15 Å². The minimum Gasteiger partial charge on any atom is -0.448 e. The Morgan fingerprint density at radius 3 is 3.27 bits per heavy atom.